The maximum Gasteiger partial charge on any atom is 0.346 e. The number of rotatable bonds is 7. The monoisotopic (exact) mass is 486 g/mol. The van der Waals surface area contributed by atoms with E-state index in [2.05, 4.69) is 5.32 Å². The summed E-state index contributed by atoms with van der Waals surface area (Å²) in [5, 5.41) is 13.3. The molecule has 0 unspecified atom stereocenters. The van der Waals surface area contributed by atoms with Crippen LogP contribution in [0.2, 0.25) is 5.02 Å². The third kappa shape index (κ3) is 4.50. The number of carbonyl (C=O) groups excluding carboxylic acids is 2. The lowest BCUT2D eigenvalue weighted by molar-refractivity contribution is -0.120. The van der Waals surface area contributed by atoms with Crippen molar-refractivity contribution in [2.45, 2.75) is 12.3 Å². The molecule has 2 amide bonds. The third-order valence-electron chi connectivity index (χ3n) is 5.19. The zero-order valence-corrected chi connectivity index (χ0v) is 19.0. The van der Waals surface area contributed by atoms with Crippen LogP contribution in [-0.4, -0.2) is 36.6 Å². The molecule has 0 saturated heterocycles. The Bertz CT molecular complexity index is 1250. The van der Waals surface area contributed by atoms with E-state index in [9.17, 15) is 19.5 Å². The second-order valence-corrected chi connectivity index (χ2v) is 8.82. The first-order valence-electron chi connectivity index (χ1n) is 9.83. The van der Waals surface area contributed by atoms with Gasteiger partial charge in [-0.3, -0.25) is 9.59 Å². The summed E-state index contributed by atoms with van der Waals surface area (Å²) in [5.41, 5.74) is 7.46. The van der Waals surface area contributed by atoms with Gasteiger partial charge in [-0.05, 0) is 35.4 Å². The highest BCUT2D eigenvalue weighted by Crippen LogP contribution is 2.50. The molecule has 0 fully saturated rings. The first-order valence-corrected chi connectivity index (χ1v) is 11.0. The van der Waals surface area contributed by atoms with E-state index in [1.54, 1.807) is 42.5 Å². The summed E-state index contributed by atoms with van der Waals surface area (Å²) < 4.78 is 10.8. The van der Waals surface area contributed by atoms with Crippen molar-refractivity contribution in [1.82, 2.24) is 0 Å². The number of anilines is 1. The molecule has 4 N–H and O–H groups in total. The fourth-order valence-electron chi connectivity index (χ4n) is 3.77. The maximum atomic E-state index is 12.6. The van der Waals surface area contributed by atoms with Gasteiger partial charge in [-0.25, -0.2) is 4.79 Å². The van der Waals surface area contributed by atoms with Crippen molar-refractivity contribution in [1.29, 1.82) is 0 Å². The molecule has 4 rings (SSSR count). The number of hydrogen-bond donors (Lipinski definition) is 3. The Balaban J connectivity index is 1.82. The topological polar surface area (TPSA) is 128 Å². The average molecular weight is 487 g/mol. The number of methoxy groups -OCH3 is 1. The number of benzene rings is 2. The van der Waals surface area contributed by atoms with Crippen LogP contribution in [0.5, 0.6) is 11.5 Å². The van der Waals surface area contributed by atoms with Crippen molar-refractivity contribution in [2.75, 3.05) is 19.0 Å². The van der Waals surface area contributed by atoms with E-state index < -0.39 is 17.8 Å². The first-order chi connectivity index (χ1) is 15.8. The maximum absolute atomic E-state index is 12.6. The number of fused-ring (bicyclic) bond motifs is 1. The van der Waals surface area contributed by atoms with E-state index in [0.717, 1.165) is 21.8 Å². The van der Waals surface area contributed by atoms with Crippen LogP contribution < -0.4 is 20.5 Å². The van der Waals surface area contributed by atoms with Crippen molar-refractivity contribution >= 4 is 46.4 Å². The number of amides is 2. The molecule has 3 aromatic rings. The number of carbonyl (C=O) groups is 3. The fraction of sp³-hybridized carbons (Fsp3) is 0.174. The van der Waals surface area contributed by atoms with Crippen LogP contribution in [0.3, 0.4) is 0 Å². The van der Waals surface area contributed by atoms with Crippen molar-refractivity contribution in [2.24, 2.45) is 5.73 Å². The van der Waals surface area contributed by atoms with Gasteiger partial charge in [0.1, 0.15) is 4.88 Å². The lowest BCUT2D eigenvalue weighted by Gasteiger charge is -2.24. The van der Waals surface area contributed by atoms with Crippen molar-refractivity contribution in [3.8, 4) is 22.6 Å². The van der Waals surface area contributed by atoms with Gasteiger partial charge in [-0.2, -0.15) is 0 Å². The smallest absolute Gasteiger partial charge is 0.346 e. The summed E-state index contributed by atoms with van der Waals surface area (Å²) in [6.45, 7) is -0.303. The Morgan fingerprint density at radius 2 is 1.94 bits per heavy atom. The quantitative estimate of drug-likeness (QED) is 0.461. The largest absolute Gasteiger partial charge is 0.493 e. The van der Waals surface area contributed by atoms with E-state index >= 15 is 0 Å². The van der Waals surface area contributed by atoms with Gasteiger partial charge in [-0.1, -0.05) is 29.8 Å². The minimum atomic E-state index is -1.08. The standard InChI is InChI=1S/C23H19ClN2O6S/c1-31-16-8-12(4-7-15(16)32-10-17(25)27)14-9-18(28)26-20-19(11-2-5-13(24)6-3-11)22(23(29)30)33-21(14)20/h2-8,14H,9-10H2,1H3,(H2,25,27)(H,26,28)(H,29,30)/t14-/m0/s1. The summed E-state index contributed by atoms with van der Waals surface area (Å²) in [4.78, 5) is 36.6. The molecule has 2 aromatic carbocycles. The molecule has 1 aliphatic heterocycles. The molecule has 0 bridgehead atoms. The summed E-state index contributed by atoms with van der Waals surface area (Å²) in [6.07, 6.45) is 0.136. The summed E-state index contributed by atoms with van der Waals surface area (Å²) in [7, 11) is 1.46. The lowest BCUT2D eigenvalue weighted by Crippen LogP contribution is -2.22. The van der Waals surface area contributed by atoms with Gasteiger partial charge >= 0.3 is 5.97 Å². The highest BCUT2D eigenvalue weighted by atomic mass is 35.5. The molecule has 1 aliphatic rings. The fourth-order valence-corrected chi connectivity index (χ4v) is 5.14. The Hall–Kier alpha value is -3.56. The van der Waals surface area contributed by atoms with Gasteiger partial charge < -0.3 is 25.6 Å². The predicted octanol–water partition coefficient (Wildman–Crippen LogP) is 4.11. The summed E-state index contributed by atoms with van der Waals surface area (Å²) >= 11 is 7.12. The van der Waals surface area contributed by atoms with Gasteiger partial charge in [0.25, 0.3) is 5.91 Å². The second kappa shape index (κ2) is 9.13. The number of nitrogens with one attached hydrogen (secondary N) is 1. The van der Waals surface area contributed by atoms with Crippen LogP contribution in [0.4, 0.5) is 5.69 Å². The van der Waals surface area contributed by atoms with Gasteiger partial charge in [0.15, 0.2) is 18.1 Å². The molecule has 10 heteroatoms. The number of halogens is 1. The molecule has 1 aromatic heterocycles. The minimum Gasteiger partial charge on any atom is -0.493 e. The number of nitrogens with two attached hydrogens (primary N) is 1. The Labute approximate surface area is 197 Å². The van der Waals surface area contributed by atoms with E-state index in [0.29, 0.717) is 33.3 Å². The summed E-state index contributed by atoms with van der Waals surface area (Å²) in [6, 6.07) is 11.9. The molecular weight excluding hydrogens is 468 g/mol. The Kier molecular flexibility index (Phi) is 6.26. The minimum absolute atomic E-state index is 0.128. The molecule has 0 aliphatic carbocycles. The Morgan fingerprint density at radius 3 is 2.58 bits per heavy atom. The van der Waals surface area contributed by atoms with Crippen LogP contribution >= 0.6 is 22.9 Å². The highest BCUT2D eigenvalue weighted by Gasteiger charge is 2.34. The lowest BCUT2D eigenvalue weighted by atomic mass is 9.88. The van der Waals surface area contributed by atoms with Crippen LogP contribution in [0.15, 0.2) is 42.5 Å². The first kappa shape index (κ1) is 22.6. The van der Waals surface area contributed by atoms with Crippen LogP contribution in [0.25, 0.3) is 11.1 Å². The molecule has 8 nitrogen and oxygen atoms in total. The van der Waals surface area contributed by atoms with Crippen LogP contribution in [0.1, 0.15) is 32.5 Å². The Morgan fingerprint density at radius 1 is 1.21 bits per heavy atom. The molecule has 170 valence electrons. The molecule has 33 heavy (non-hydrogen) atoms. The van der Waals surface area contributed by atoms with E-state index in [1.807, 2.05) is 0 Å². The number of carboxylic acid groups (broad SMARTS) is 1. The third-order valence-corrected chi connectivity index (χ3v) is 6.74. The zero-order chi connectivity index (χ0) is 23.7. The van der Waals surface area contributed by atoms with Crippen molar-refractivity contribution in [3.63, 3.8) is 0 Å². The highest BCUT2D eigenvalue weighted by molar-refractivity contribution is 7.15. The summed E-state index contributed by atoms with van der Waals surface area (Å²) in [5.74, 6) is -1.62. The zero-order valence-electron chi connectivity index (χ0n) is 17.4. The number of ether oxygens (including phenoxy) is 2. The van der Waals surface area contributed by atoms with Gasteiger partial charge in [0, 0.05) is 27.8 Å². The number of hydrogen-bond acceptors (Lipinski definition) is 6. The number of aromatic carboxylic acids is 1. The number of primary amides is 1. The predicted molar refractivity (Wildman–Crippen MR) is 124 cm³/mol. The molecule has 0 spiro atoms. The van der Waals surface area contributed by atoms with Crippen LogP contribution in [0, 0.1) is 0 Å². The molecular formula is C23H19ClN2O6S. The molecule has 1 atom stereocenters. The second-order valence-electron chi connectivity index (χ2n) is 7.33. The molecule has 2 heterocycles. The van der Waals surface area contributed by atoms with E-state index in [-0.39, 0.29) is 23.8 Å². The van der Waals surface area contributed by atoms with E-state index in [1.165, 1.54) is 7.11 Å². The number of thiophene rings is 1. The average Bonchev–Trinajstić information content (AvgIpc) is 3.17. The van der Waals surface area contributed by atoms with Gasteiger partial charge in [0.2, 0.25) is 5.91 Å². The number of carboxylic acids is 1. The van der Waals surface area contributed by atoms with Crippen molar-refractivity contribution in [3.05, 3.63) is 62.8 Å². The van der Waals surface area contributed by atoms with Gasteiger partial charge in [-0.15, -0.1) is 11.3 Å². The molecule has 0 radical (unpaired) electrons. The van der Waals surface area contributed by atoms with Gasteiger partial charge in [0.05, 0.1) is 12.8 Å². The van der Waals surface area contributed by atoms with Crippen molar-refractivity contribution < 1.29 is 29.0 Å². The molecule has 0 saturated carbocycles. The normalized spacial score (nSPS) is 14.8. The van der Waals surface area contributed by atoms with Crippen LogP contribution in [-0.2, 0) is 9.59 Å². The SMILES string of the molecule is COc1cc([C@@H]2CC(=O)Nc3c2sc(C(=O)O)c3-c2ccc(Cl)cc2)ccc1OCC(N)=O. The van der Waals surface area contributed by atoms with E-state index in [4.69, 9.17) is 26.8 Å².